The summed E-state index contributed by atoms with van der Waals surface area (Å²) in [4.78, 5) is 0. The third kappa shape index (κ3) is 1.38. The molecule has 2 rings (SSSR count). The molecule has 1 aromatic rings. The number of fused-ring (bicyclic) bond motifs is 1. The first-order chi connectivity index (χ1) is 6.42. The third-order valence-electron chi connectivity index (χ3n) is 1.62. The Morgan fingerprint density at radius 2 is 2.31 bits per heavy atom. The minimum Gasteiger partial charge on any atom is -0.453 e. The first-order valence-corrected chi connectivity index (χ1v) is 3.89. The van der Waals surface area contributed by atoms with Crippen molar-refractivity contribution >= 4 is 0 Å². The van der Waals surface area contributed by atoms with Crippen molar-refractivity contribution in [3.8, 4) is 29.3 Å². The second-order valence-corrected chi connectivity index (χ2v) is 2.44. The van der Waals surface area contributed by atoms with E-state index in [1.807, 2.05) is 12.1 Å². The van der Waals surface area contributed by atoms with Crippen LogP contribution in [-0.4, -0.2) is 6.79 Å². The molecule has 13 heavy (non-hydrogen) atoms. The Hall–Kier alpha value is -1.82. The summed E-state index contributed by atoms with van der Waals surface area (Å²) in [6, 6.07) is 5.45. The first kappa shape index (κ1) is 7.81. The molecule has 0 spiro atoms. The number of ether oxygens (including phenoxy) is 3. The molecule has 0 amide bonds. The van der Waals surface area contributed by atoms with Crippen molar-refractivity contribution in [2.24, 2.45) is 0 Å². The quantitative estimate of drug-likeness (QED) is 0.610. The average molecular weight is 176 g/mol. The van der Waals surface area contributed by atoms with E-state index in [1.165, 1.54) is 0 Å². The molecule has 0 unspecified atom stereocenters. The molecule has 0 atom stereocenters. The lowest BCUT2D eigenvalue weighted by molar-refractivity contribution is 0.172. The van der Waals surface area contributed by atoms with Gasteiger partial charge in [-0.15, -0.1) is 0 Å². The summed E-state index contributed by atoms with van der Waals surface area (Å²) in [6.07, 6.45) is 2.51. The van der Waals surface area contributed by atoms with Crippen molar-refractivity contribution in [1.29, 1.82) is 0 Å². The second-order valence-electron chi connectivity index (χ2n) is 2.44. The molecule has 1 heterocycles. The summed E-state index contributed by atoms with van der Waals surface area (Å²) in [7, 11) is 0. The molecule has 3 heteroatoms. The fraction of sp³-hybridized carbons (Fsp3) is 0.200. The molecule has 0 aliphatic carbocycles. The highest BCUT2D eigenvalue weighted by Crippen LogP contribution is 2.40. The maximum Gasteiger partial charge on any atom is 0.231 e. The van der Waals surface area contributed by atoms with Crippen LogP contribution in [0.15, 0.2) is 18.2 Å². The van der Waals surface area contributed by atoms with E-state index in [0.717, 1.165) is 0 Å². The van der Waals surface area contributed by atoms with Crippen molar-refractivity contribution < 1.29 is 14.2 Å². The fourth-order valence-corrected chi connectivity index (χ4v) is 1.09. The van der Waals surface area contributed by atoms with Crippen LogP contribution in [0.2, 0.25) is 0 Å². The lowest BCUT2D eigenvalue weighted by Gasteiger charge is -2.00. The van der Waals surface area contributed by atoms with Gasteiger partial charge in [0.1, 0.15) is 6.11 Å². The van der Waals surface area contributed by atoms with E-state index >= 15 is 0 Å². The van der Waals surface area contributed by atoms with Crippen molar-refractivity contribution in [3.63, 3.8) is 0 Å². The summed E-state index contributed by atoms with van der Waals surface area (Å²) in [5, 5.41) is 0. The van der Waals surface area contributed by atoms with Gasteiger partial charge in [0, 0.05) is 6.92 Å². The molecule has 3 nitrogen and oxygen atoms in total. The Balaban J connectivity index is 2.34. The van der Waals surface area contributed by atoms with Gasteiger partial charge in [0.25, 0.3) is 0 Å². The van der Waals surface area contributed by atoms with Crippen molar-refractivity contribution in [1.82, 2.24) is 0 Å². The van der Waals surface area contributed by atoms with Gasteiger partial charge in [-0.1, -0.05) is 12.0 Å². The number of benzene rings is 1. The summed E-state index contributed by atoms with van der Waals surface area (Å²) < 4.78 is 15.5. The SMILES string of the molecule is CC#COc1cccc2c1OCO2. The van der Waals surface area contributed by atoms with Gasteiger partial charge in [-0.25, -0.2) is 0 Å². The topological polar surface area (TPSA) is 27.7 Å². The highest BCUT2D eigenvalue weighted by atomic mass is 16.7. The summed E-state index contributed by atoms with van der Waals surface area (Å²) in [6.45, 7) is 1.95. The zero-order valence-corrected chi connectivity index (χ0v) is 7.16. The van der Waals surface area contributed by atoms with Crippen LogP contribution in [0, 0.1) is 12.0 Å². The van der Waals surface area contributed by atoms with Crippen molar-refractivity contribution in [2.45, 2.75) is 6.92 Å². The predicted molar refractivity (Wildman–Crippen MR) is 46.6 cm³/mol. The molecular formula is C10H8O3. The van der Waals surface area contributed by atoms with Crippen molar-refractivity contribution in [2.75, 3.05) is 6.79 Å². The Bertz CT molecular complexity index is 373. The highest BCUT2D eigenvalue weighted by Gasteiger charge is 2.17. The fourth-order valence-electron chi connectivity index (χ4n) is 1.09. The van der Waals surface area contributed by atoms with Crippen LogP contribution >= 0.6 is 0 Å². The van der Waals surface area contributed by atoms with Gasteiger partial charge in [0.15, 0.2) is 11.5 Å². The average Bonchev–Trinajstić information content (AvgIpc) is 2.62. The van der Waals surface area contributed by atoms with E-state index in [4.69, 9.17) is 14.2 Å². The largest absolute Gasteiger partial charge is 0.453 e. The van der Waals surface area contributed by atoms with Crippen molar-refractivity contribution in [3.05, 3.63) is 18.2 Å². The summed E-state index contributed by atoms with van der Waals surface area (Å²) in [5.41, 5.74) is 0. The number of para-hydroxylation sites is 1. The number of hydrogen-bond donors (Lipinski definition) is 0. The second kappa shape index (κ2) is 3.28. The van der Waals surface area contributed by atoms with Crippen LogP contribution < -0.4 is 14.2 Å². The van der Waals surface area contributed by atoms with Crippen LogP contribution in [0.4, 0.5) is 0 Å². The van der Waals surface area contributed by atoms with Gasteiger partial charge in [-0.3, -0.25) is 0 Å². The molecule has 66 valence electrons. The molecule has 0 radical (unpaired) electrons. The molecule has 1 aliphatic rings. The summed E-state index contributed by atoms with van der Waals surface area (Å²) in [5.74, 6) is 4.57. The number of rotatable bonds is 1. The highest BCUT2D eigenvalue weighted by molar-refractivity contribution is 5.52. The van der Waals surface area contributed by atoms with Crippen LogP contribution in [0.5, 0.6) is 17.2 Å². The molecule has 0 saturated carbocycles. The van der Waals surface area contributed by atoms with E-state index in [9.17, 15) is 0 Å². The van der Waals surface area contributed by atoms with E-state index in [2.05, 4.69) is 12.0 Å². The lowest BCUT2D eigenvalue weighted by Crippen LogP contribution is -1.93. The van der Waals surface area contributed by atoms with Gasteiger partial charge in [0.2, 0.25) is 12.5 Å². The van der Waals surface area contributed by atoms with Crippen LogP contribution in [0.25, 0.3) is 0 Å². The summed E-state index contributed by atoms with van der Waals surface area (Å²) >= 11 is 0. The van der Waals surface area contributed by atoms with Gasteiger partial charge in [0.05, 0.1) is 0 Å². The number of hydrogen-bond acceptors (Lipinski definition) is 3. The van der Waals surface area contributed by atoms with Gasteiger partial charge >= 0.3 is 0 Å². The maximum absolute atomic E-state index is 5.21. The molecular weight excluding hydrogens is 168 g/mol. The van der Waals surface area contributed by atoms with Gasteiger partial charge in [-0.2, -0.15) is 0 Å². The van der Waals surface area contributed by atoms with Crippen LogP contribution in [-0.2, 0) is 0 Å². The standard InChI is InChI=1S/C10H8O3/c1-2-6-11-8-4-3-5-9-10(8)13-7-12-9/h3-5H,7H2,1H3. The molecule has 0 aromatic heterocycles. The molecule has 0 bridgehead atoms. The van der Waals surface area contributed by atoms with E-state index in [-0.39, 0.29) is 6.79 Å². The third-order valence-corrected chi connectivity index (χ3v) is 1.62. The Morgan fingerprint density at radius 3 is 3.15 bits per heavy atom. The Morgan fingerprint density at radius 1 is 1.38 bits per heavy atom. The van der Waals surface area contributed by atoms with Crippen LogP contribution in [0.1, 0.15) is 6.92 Å². The zero-order chi connectivity index (χ0) is 9.10. The Labute approximate surface area is 76.2 Å². The Kier molecular flexibility index (Phi) is 1.97. The van der Waals surface area contributed by atoms with E-state index < -0.39 is 0 Å². The minimum absolute atomic E-state index is 0.245. The first-order valence-electron chi connectivity index (χ1n) is 3.89. The smallest absolute Gasteiger partial charge is 0.231 e. The maximum atomic E-state index is 5.21. The molecule has 1 aromatic carbocycles. The molecule has 0 saturated heterocycles. The minimum atomic E-state index is 0.245. The van der Waals surface area contributed by atoms with Crippen LogP contribution in [0.3, 0.4) is 0 Å². The normalized spacial score (nSPS) is 11.8. The predicted octanol–water partition coefficient (Wildman–Crippen LogP) is 1.77. The molecule has 0 fully saturated rings. The molecule has 1 aliphatic heterocycles. The monoisotopic (exact) mass is 176 g/mol. The lowest BCUT2D eigenvalue weighted by atomic mass is 10.3. The van der Waals surface area contributed by atoms with Gasteiger partial charge in [-0.05, 0) is 12.1 Å². The van der Waals surface area contributed by atoms with Gasteiger partial charge < -0.3 is 14.2 Å². The van der Waals surface area contributed by atoms with E-state index in [0.29, 0.717) is 17.2 Å². The van der Waals surface area contributed by atoms with E-state index in [1.54, 1.807) is 13.0 Å². The zero-order valence-electron chi connectivity index (χ0n) is 7.16. The molecule has 0 N–H and O–H groups in total.